The first-order chi connectivity index (χ1) is 18.0. The second-order valence-corrected chi connectivity index (χ2v) is 8.40. The minimum atomic E-state index is -0.331. The SMILES string of the molecule is C=CC(=O)Nc1cccc(-n2c(NC(=O)c3cccc(Oc4ccccc4)c3)nc3cc(C)ccc32)c1. The Bertz CT molecular complexity index is 1620. The summed E-state index contributed by atoms with van der Waals surface area (Å²) in [5, 5.41) is 5.72. The van der Waals surface area contributed by atoms with Crippen LogP contribution >= 0.6 is 0 Å². The Morgan fingerprint density at radius 3 is 2.46 bits per heavy atom. The zero-order valence-electron chi connectivity index (χ0n) is 20.1. The number of para-hydroxylation sites is 1. The van der Waals surface area contributed by atoms with Crippen molar-refractivity contribution in [1.82, 2.24) is 9.55 Å². The van der Waals surface area contributed by atoms with E-state index in [-0.39, 0.29) is 11.8 Å². The summed E-state index contributed by atoms with van der Waals surface area (Å²) < 4.78 is 7.73. The summed E-state index contributed by atoms with van der Waals surface area (Å²) in [4.78, 5) is 29.8. The number of hydrogen-bond acceptors (Lipinski definition) is 4. The molecule has 0 radical (unpaired) electrons. The summed E-state index contributed by atoms with van der Waals surface area (Å²) in [6.45, 7) is 5.49. The molecule has 0 saturated carbocycles. The Kier molecular flexibility index (Phi) is 6.50. The van der Waals surface area contributed by atoms with Crippen LogP contribution in [0.1, 0.15) is 15.9 Å². The van der Waals surface area contributed by atoms with Crippen molar-refractivity contribution in [3.8, 4) is 17.2 Å². The van der Waals surface area contributed by atoms with Crippen molar-refractivity contribution in [3.05, 3.63) is 121 Å². The molecule has 37 heavy (non-hydrogen) atoms. The van der Waals surface area contributed by atoms with Crippen LogP contribution in [0.15, 0.2) is 110 Å². The maximum atomic E-state index is 13.3. The summed E-state index contributed by atoms with van der Waals surface area (Å²) in [7, 11) is 0. The Morgan fingerprint density at radius 2 is 1.65 bits per heavy atom. The Morgan fingerprint density at radius 1 is 0.865 bits per heavy atom. The van der Waals surface area contributed by atoms with Crippen molar-refractivity contribution in [2.24, 2.45) is 0 Å². The maximum absolute atomic E-state index is 13.3. The molecule has 0 spiro atoms. The van der Waals surface area contributed by atoms with Crippen LogP contribution in [0.25, 0.3) is 16.7 Å². The van der Waals surface area contributed by atoms with E-state index < -0.39 is 0 Å². The number of nitrogens with zero attached hydrogens (tertiary/aromatic N) is 2. The average Bonchev–Trinajstić information content (AvgIpc) is 3.26. The Hall–Kier alpha value is -5.17. The minimum absolute atomic E-state index is 0.311. The number of amides is 2. The predicted octanol–water partition coefficient (Wildman–Crippen LogP) is 6.50. The fourth-order valence-electron chi connectivity index (χ4n) is 3.95. The van der Waals surface area contributed by atoms with Crippen LogP contribution in [0.3, 0.4) is 0 Å². The summed E-state index contributed by atoms with van der Waals surface area (Å²) in [5.74, 6) is 0.943. The van der Waals surface area contributed by atoms with Gasteiger partial charge in [0.1, 0.15) is 11.5 Å². The van der Waals surface area contributed by atoms with E-state index in [0.29, 0.717) is 28.7 Å². The number of imidazole rings is 1. The van der Waals surface area contributed by atoms with Crippen LogP contribution in [-0.2, 0) is 4.79 Å². The molecule has 0 saturated heterocycles. The number of carbonyl (C=O) groups is 2. The lowest BCUT2D eigenvalue weighted by molar-refractivity contribution is -0.111. The molecular weight excluding hydrogens is 464 g/mol. The standard InChI is InChI=1S/C30H24N4O3/c1-3-28(35)31-22-10-8-11-23(19-22)34-27-16-15-20(2)17-26(27)32-30(34)33-29(36)21-9-7-14-25(18-21)37-24-12-5-4-6-13-24/h3-19H,1H2,2H3,(H,31,35)(H,32,33,36). The normalized spacial score (nSPS) is 10.6. The second kappa shape index (κ2) is 10.2. The van der Waals surface area contributed by atoms with Gasteiger partial charge in [0.05, 0.1) is 16.7 Å². The molecule has 7 nitrogen and oxygen atoms in total. The van der Waals surface area contributed by atoms with E-state index in [1.54, 1.807) is 30.3 Å². The lowest BCUT2D eigenvalue weighted by atomic mass is 10.2. The molecule has 5 aromatic rings. The van der Waals surface area contributed by atoms with Crippen LogP contribution in [0.2, 0.25) is 0 Å². The molecule has 0 fully saturated rings. The van der Waals surface area contributed by atoms with Gasteiger partial charge in [-0.1, -0.05) is 43.0 Å². The number of rotatable bonds is 7. The molecule has 2 amide bonds. The van der Waals surface area contributed by atoms with Gasteiger partial charge in [-0.15, -0.1) is 0 Å². The van der Waals surface area contributed by atoms with Gasteiger partial charge in [0, 0.05) is 11.3 Å². The van der Waals surface area contributed by atoms with Gasteiger partial charge in [-0.2, -0.15) is 0 Å². The highest BCUT2D eigenvalue weighted by Gasteiger charge is 2.17. The molecule has 0 unspecified atom stereocenters. The predicted molar refractivity (Wildman–Crippen MR) is 146 cm³/mol. The molecule has 0 atom stereocenters. The van der Waals surface area contributed by atoms with E-state index in [1.165, 1.54) is 6.08 Å². The number of benzene rings is 4. The third-order valence-electron chi connectivity index (χ3n) is 5.67. The lowest BCUT2D eigenvalue weighted by Crippen LogP contribution is -2.15. The topological polar surface area (TPSA) is 85.2 Å². The first-order valence-electron chi connectivity index (χ1n) is 11.7. The summed E-state index contributed by atoms with van der Waals surface area (Å²) >= 11 is 0. The second-order valence-electron chi connectivity index (χ2n) is 8.40. The van der Waals surface area contributed by atoms with Gasteiger partial charge in [0.15, 0.2) is 0 Å². The molecule has 1 heterocycles. The number of hydrogen-bond donors (Lipinski definition) is 2. The van der Waals surface area contributed by atoms with Crippen molar-refractivity contribution in [2.75, 3.05) is 10.6 Å². The van der Waals surface area contributed by atoms with Gasteiger partial charge in [-0.25, -0.2) is 4.98 Å². The number of ether oxygens (including phenoxy) is 1. The molecule has 0 aliphatic rings. The number of fused-ring (bicyclic) bond motifs is 1. The van der Waals surface area contributed by atoms with Crippen LogP contribution in [-0.4, -0.2) is 21.4 Å². The highest BCUT2D eigenvalue weighted by atomic mass is 16.5. The fraction of sp³-hybridized carbons (Fsp3) is 0.0333. The third kappa shape index (κ3) is 5.26. The number of aryl methyl sites for hydroxylation is 1. The highest BCUT2D eigenvalue weighted by molar-refractivity contribution is 6.04. The van der Waals surface area contributed by atoms with E-state index in [9.17, 15) is 9.59 Å². The monoisotopic (exact) mass is 488 g/mol. The Labute approximate surface area is 214 Å². The van der Waals surface area contributed by atoms with Crippen LogP contribution in [0.4, 0.5) is 11.6 Å². The number of aromatic nitrogens is 2. The fourth-order valence-corrected chi connectivity index (χ4v) is 3.95. The summed E-state index contributed by atoms with van der Waals surface area (Å²) in [5.41, 5.74) is 4.35. The van der Waals surface area contributed by atoms with E-state index in [1.807, 2.05) is 78.2 Å². The van der Waals surface area contributed by atoms with Crippen molar-refractivity contribution in [2.45, 2.75) is 6.92 Å². The zero-order chi connectivity index (χ0) is 25.8. The highest BCUT2D eigenvalue weighted by Crippen LogP contribution is 2.28. The molecule has 7 heteroatoms. The number of carbonyl (C=O) groups excluding carboxylic acids is 2. The number of nitrogens with one attached hydrogen (secondary N) is 2. The summed E-state index contributed by atoms with van der Waals surface area (Å²) in [6.07, 6.45) is 1.21. The number of anilines is 2. The van der Waals surface area contributed by atoms with Gasteiger partial charge in [0.25, 0.3) is 5.91 Å². The molecule has 2 N–H and O–H groups in total. The first-order valence-corrected chi connectivity index (χ1v) is 11.7. The lowest BCUT2D eigenvalue weighted by Gasteiger charge is -2.12. The van der Waals surface area contributed by atoms with E-state index in [4.69, 9.17) is 9.72 Å². The maximum Gasteiger partial charge on any atom is 0.258 e. The molecule has 0 aliphatic carbocycles. The largest absolute Gasteiger partial charge is 0.457 e. The molecule has 0 bridgehead atoms. The quantitative estimate of drug-likeness (QED) is 0.256. The van der Waals surface area contributed by atoms with Gasteiger partial charge in [-0.05, 0) is 79.2 Å². The molecule has 1 aromatic heterocycles. The van der Waals surface area contributed by atoms with Crippen molar-refractivity contribution >= 4 is 34.5 Å². The van der Waals surface area contributed by atoms with Crippen molar-refractivity contribution < 1.29 is 14.3 Å². The molecule has 4 aromatic carbocycles. The van der Waals surface area contributed by atoms with Crippen molar-refractivity contribution in [1.29, 1.82) is 0 Å². The van der Waals surface area contributed by atoms with Gasteiger partial charge in [-0.3, -0.25) is 19.5 Å². The van der Waals surface area contributed by atoms with Crippen molar-refractivity contribution in [3.63, 3.8) is 0 Å². The average molecular weight is 489 g/mol. The van der Waals surface area contributed by atoms with Crippen LogP contribution in [0, 0.1) is 6.92 Å². The van der Waals surface area contributed by atoms with Gasteiger partial charge >= 0.3 is 0 Å². The van der Waals surface area contributed by atoms with Gasteiger partial charge < -0.3 is 10.1 Å². The summed E-state index contributed by atoms with van der Waals surface area (Å²) in [6, 6.07) is 29.5. The smallest absolute Gasteiger partial charge is 0.258 e. The van der Waals surface area contributed by atoms with Crippen LogP contribution < -0.4 is 15.4 Å². The molecule has 182 valence electrons. The minimum Gasteiger partial charge on any atom is -0.457 e. The molecular formula is C30H24N4O3. The van der Waals surface area contributed by atoms with Gasteiger partial charge in [0.2, 0.25) is 11.9 Å². The Balaban J connectivity index is 1.49. The molecule has 0 aliphatic heterocycles. The third-order valence-corrected chi connectivity index (χ3v) is 5.67. The zero-order valence-corrected chi connectivity index (χ0v) is 20.1. The van der Waals surface area contributed by atoms with Crippen LogP contribution in [0.5, 0.6) is 11.5 Å². The molecule has 5 rings (SSSR count). The van der Waals surface area contributed by atoms with E-state index in [2.05, 4.69) is 17.2 Å². The van der Waals surface area contributed by atoms with E-state index >= 15 is 0 Å². The first kappa shape index (κ1) is 23.6. The van der Waals surface area contributed by atoms with E-state index in [0.717, 1.165) is 22.3 Å².